The Bertz CT molecular complexity index is 516. The second-order valence-corrected chi connectivity index (χ2v) is 5.39. The van der Waals surface area contributed by atoms with Crippen LogP contribution in [-0.2, 0) is 6.42 Å². The minimum Gasteiger partial charge on any atom is -0.478 e. The number of likely N-dealkylation sites (tertiary alicyclic amines) is 1. The number of hydrogen-bond donors (Lipinski definition) is 2. The predicted molar refractivity (Wildman–Crippen MR) is 80.5 cm³/mol. The Hall–Kier alpha value is -2.04. The van der Waals surface area contributed by atoms with Crippen molar-refractivity contribution in [3.05, 3.63) is 35.4 Å². The van der Waals surface area contributed by atoms with Crippen LogP contribution in [-0.4, -0.2) is 41.1 Å². The molecule has 2 amide bonds. The summed E-state index contributed by atoms with van der Waals surface area (Å²) < 4.78 is 0. The number of urea groups is 1. The van der Waals surface area contributed by atoms with Gasteiger partial charge in [0.25, 0.3) is 0 Å². The first kappa shape index (κ1) is 15.4. The Morgan fingerprint density at radius 1 is 1.43 bits per heavy atom. The zero-order chi connectivity index (χ0) is 15.2. The third kappa shape index (κ3) is 3.97. The van der Waals surface area contributed by atoms with Crippen LogP contribution in [0.4, 0.5) is 4.79 Å². The Labute approximate surface area is 125 Å². The molecule has 0 spiro atoms. The monoisotopic (exact) mass is 290 g/mol. The van der Waals surface area contributed by atoms with Crippen molar-refractivity contribution >= 4 is 12.0 Å². The number of carbonyl (C=O) groups excluding carboxylic acids is 1. The number of nitrogens with zero attached hydrogens (tertiary/aromatic N) is 1. The van der Waals surface area contributed by atoms with E-state index in [0.717, 1.165) is 31.4 Å². The quantitative estimate of drug-likeness (QED) is 0.875. The van der Waals surface area contributed by atoms with Gasteiger partial charge in [-0.25, -0.2) is 9.59 Å². The van der Waals surface area contributed by atoms with Crippen LogP contribution in [0.5, 0.6) is 0 Å². The highest BCUT2D eigenvalue weighted by Gasteiger charge is 2.26. The van der Waals surface area contributed by atoms with Gasteiger partial charge >= 0.3 is 12.0 Å². The molecular formula is C16H22N2O3. The van der Waals surface area contributed by atoms with E-state index in [1.807, 2.05) is 11.0 Å². The largest absolute Gasteiger partial charge is 0.478 e. The first-order valence-electron chi connectivity index (χ1n) is 7.48. The van der Waals surface area contributed by atoms with Crippen molar-refractivity contribution < 1.29 is 14.7 Å². The highest BCUT2D eigenvalue weighted by Crippen LogP contribution is 2.19. The van der Waals surface area contributed by atoms with Gasteiger partial charge < -0.3 is 15.3 Å². The van der Waals surface area contributed by atoms with E-state index >= 15 is 0 Å². The van der Waals surface area contributed by atoms with E-state index in [9.17, 15) is 9.59 Å². The summed E-state index contributed by atoms with van der Waals surface area (Å²) in [5, 5.41) is 11.9. The lowest BCUT2D eigenvalue weighted by Gasteiger charge is -2.23. The van der Waals surface area contributed by atoms with Gasteiger partial charge in [0.2, 0.25) is 0 Å². The van der Waals surface area contributed by atoms with E-state index < -0.39 is 5.97 Å². The van der Waals surface area contributed by atoms with Crippen LogP contribution in [0.1, 0.15) is 42.1 Å². The van der Waals surface area contributed by atoms with E-state index in [0.29, 0.717) is 19.0 Å². The number of carboxylic acids is 1. The van der Waals surface area contributed by atoms with E-state index in [-0.39, 0.29) is 11.6 Å². The molecular weight excluding hydrogens is 268 g/mol. The Morgan fingerprint density at radius 2 is 2.24 bits per heavy atom. The summed E-state index contributed by atoms with van der Waals surface area (Å²) in [4.78, 5) is 24.9. The normalized spacial score (nSPS) is 17.8. The van der Waals surface area contributed by atoms with Crippen molar-refractivity contribution in [2.45, 2.75) is 38.6 Å². The highest BCUT2D eigenvalue weighted by molar-refractivity contribution is 5.87. The lowest BCUT2D eigenvalue weighted by Crippen LogP contribution is -2.43. The van der Waals surface area contributed by atoms with Gasteiger partial charge in [-0.3, -0.25) is 0 Å². The maximum absolute atomic E-state index is 12.1. The molecule has 0 saturated carbocycles. The summed E-state index contributed by atoms with van der Waals surface area (Å²) >= 11 is 0. The zero-order valence-electron chi connectivity index (χ0n) is 12.3. The number of amides is 2. The molecule has 1 aliphatic rings. The van der Waals surface area contributed by atoms with Crippen LogP contribution in [0.15, 0.2) is 24.3 Å². The summed E-state index contributed by atoms with van der Waals surface area (Å²) in [5.41, 5.74) is 1.20. The van der Waals surface area contributed by atoms with Gasteiger partial charge in [0.15, 0.2) is 0 Å². The topological polar surface area (TPSA) is 69.6 Å². The van der Waals surface area contributed by atoms with Crippen LogP contribution >= 0.6 is 0 Å². The lowest BCUT2D eigenvalue weighted by atomic mass is 10.1. The van der Waals surface area contributed by atoms with Gasteiger partial charge in [0.1, 0.15) is 0 Å². The number of carboxylic acid groups (broad SMARTS) is 1. The summed E-state index contributed by atoms with van der Waals surface area (Å²) in [5.74, 6) is -0.927. The molecule has 0 aromatic heterocycles. The molecule has 114 valence electrons. The Morgan fingerprint density at radius 3 is 2.95 bits per heavy atom. The maximum atomic E-state index is 12.1. The molecule has 1 aromatic rings. The summed E-state index contributed by atoms with van der Waals surface area (Å²) in [6.07, 6.45) is 3.79. The molecule has 1 saturated heterocycles. The molecule has 2 rings (SSSR count). The molecule has 1 fully saturated rings. The van der Waals surface area contributed by atoms with Gasteiger partial charge in [0.05, 0.1) is 5.56 Å². The first-order valence-corrected chi connectivity index (χ1v) is 7.48. The van der Waals surface area contributed by atoms with E-state index in [1.165, 1.54) is 0 Å². The second-order valence-electron chi connectivity index (χ2n) is 5.39. The van der Waals surface area contributed by atoms with Gasteiger partial charge in [-0.15, -0.1) is 0 Å². The summed E-state index contributed by atoms with van der Waals surface area (Å²) in [7, 11) is 0. The molecule has 1 unspecified atom stereocenters. The lowest BCUT2D eigenvalue weighted by molar-refractivity contribution is 0.0696. The van der Waals surface area contributed by atoms with Gasteiger partial charge in [-0.05, 0) is 43.4 Å². The van der Waals surface area contributed by atoms with Crippen molar-refractivity contribution in [1.82, 2.24) is 10.2 Å². The smallest absolute Gasteiger partial charge is 0.335 e. The zero-order valence-corrected chi connectivity index (χ0v) is 12.3. The number of nitrogens with one attached hydrogen (secondary N) is 1. The second kappa shape index (κ2) is 7.11. The standard InChI is InChI=1S/C16H22N2O3/c1-2-14-7-4-10-18(14)16(21)17-9-8-12-5-3-6-13(11-12)15(19)20/h3,5-6,11,14H,2,4,7-10H2,1H3,(H,17,21)(H,19,20). The minimum atomic E-state index is -0.927. The SMILES string of the molecule is CCC1CCCN1C(=O)NCCc1cccc(C(=O)O)c1. The average Bonchev–Trinajstić information content (AvgIpc) is 2.96. The van der Waals surface area contributed by atoms with Crippen molar-refractivity contribution in [1.29, 1.82) is 0 Å². The van der Waals surface area contributed by atoms with Crippen molar-refractivity contribution in [3.63, 3.8) is 0 Å². The van der Waals surface area contributed by atoms with E-state index in [1.54, 1.807) is 18.2 Å². The molecule has 21 heavy (non-hydrogen) atoms. The first-order chi connectivity index (χ1) is 10.1. The number of hydrogen-bond acceptors (Lipinski definition) is 2. The van der Waals surface area contributed by atoms with E-state index in [4.69, 9.17) is 5.11 Å². The molecule has 1 atom stereocenters. The third-order valence-electron chi connectivity index (χ3n) is 3.97. The molecule has 0 aliphatic carbocycles. The predicted octanol–water partition coefficient (Wildman–Crippen LogP) is 2.51. The molecule has 1 aromatic carbocycles. The van der Waals surface area contributed by atoms with Crippen LogP contribution < -0.4 is 5.32 Å². The number of benzene rings is 1. The van der Waals surface area contributed by atoms with Crippen molar-refractivity contribution in [3.8, 4) is 0 Å². The molecule has 0 bridgehead atoms. The molecule has 1 heterocycles. The number of rotatable bonds is 5. The molecule has 5 nitrogen and oxygen atoms in total. The van der Waals surface area contributed by atoms with Crippen LogP contribution in [0.25, 0.3) is 0 Å². The van der Waals surface area contributed by atoms with Crippen LogP contribution in [0.3, 0.4) is 0 Å². The van der Waals surface area contributed by atoms with Crippen LogP contribution in [0, 0.1) is 0 Å². The summed E-state index contributed by atoms with van der Waals surface area (Å²) in [6.45, 7) is 3.46. The average molecular weight is 290 g/mol. The number of aromatic carboxylic acids is 1. The highest BCUT2D eigenvalue weighted by atomic mass is 16.4. The third-order valence-corrected chi connectivity index (χ3v) is 3.97. The molecule has 1 aliphatic heterocycles. The number of carbonyl (C=O) groups is 2. The fourth-order valence-corrected chi connectivity index (χ4v) is 2.80. The van der Waals surface area contributed by atoms with Crippen molar-refractivity contribution in [2.75, 3.05) is 13.1 Å². The minimum absolute atomic E-state index is 0.00580. The summed E-state index contributed by atoms with van der Waals surface area (Å²) in [6, 6.07) is 7.19. The molecule has 5 heteroatoms. The fourth-order valence-electron chi connectivity index (χ4n) is 2.80. The van der Waals surface area contributed by atoms with Crippen LogP contribution in [0.2, 0.25) is 0 Å². The van der Waals surface area contributed by atoms with Gasteiger partial charge in [0, 0.05) is 19.1 Å². The Balaban J connectivity index is 1.82. The van der Waals surface area contributed by atoms with Gasteiger partial charge in [-0.2, -0.15) is 0 Å². The fraction of sp³-hybridized carbons (Fsp3) is 0.500. The Kier molecular flexibility index (Phi) is 5.20. The van der Waals surface area contributed by atoms with E-state index in [2.05, 4.69) is 12.2 Å². The van der Waals surface area contributed by atoms with Crippen molar-refractivity contribution in [2.24, 2.45) is 0 Å². The molecule has 0 radical (unpaired) electrons. The van der Waals surface area contributed by atoms with Gasteiger partial charge in [-0.1, -0.05) is 19.1 Å². The molecule has 2 N–H and O–H groups in total. The maximum Gasteiger partial charge on any atom is 0.335 e.